The minimum atomic E-state index is -0.427. The van der Waals surface area contributed by atoms with E-state index >= 15 is 0 Å². The highest BCUT2D eigenvalue weighted by Gasteiger charge is 2.38. The van der Waals surface area contributed by atoms with Crippen molar-refractivity contribution in [3.05, 3.63) is 29.1 Å². The summed E-state index contributed by atoms with van der Waals surface area (Å²) in [5.74, 6) is 0.861. The molecule has 0 unspecified atom stereocenters. The summed E-state index contributed by atoms with van der Waals surface area (Å²) in [5, 5.41) is 3.17. The molecule has 1 aromatic carbocycles. The molecule has 19 heavy (non-hydrogen) atoms. The average Bonchev–Trinajstić information content (AvgIpc) is 3.06. The van der Waals surface area contributed by atoms with Crippen molar-refractivity contribution in [1.82, 2.24) is 0 Å². The number of benzene rings is 1. The van der Waals surface area contributed by atoms with Crippen molar-refractivity contribution >= 4 is 27.5 Å². The van der Waals surface area contributed by atoms with E-state index in [1.807, 2.05) is 0 Å². The van der Waals surface area contributed by atoms with Crippen LogP contribution in [0.2, 0.25) is 0 Å². The number of methoxy groups -OCH3 is 1. The number of aliphatic imine (C=N–C) groups is 1. The maximum absolute atomic E-state index is 10.8. The monoisotopic (exact) mass is 273 g/mol. The summed E-state index contributed by atoms with van der Waals surface area (Å²) in [5.41, 5.74) is 0.602. The van der Waals surface area contributed by atoms with Gasteiger partial charge in [-0.25, -0.2) is 4.79 Å². The van der Waals surface area contributed by atoms with E-state index in [0.717, 1.165) is 42.4 Å². The summed E-state index contributed by atoms with van der Waals surface area (Å²) in [6.07, 6.45) is 5.74. The van der Waals surface area contributed by atoms with Crippen LogP contribution in [0, 0.1) is 0 Å². The molecule has 3 rings (SSSR count). The van der Waals surface area contributed by atoms with Gasteiger partial charge in [0.1, 0.15) is 11.3 Å². The smallest absolute Gasteiger partial charge is 0.235 e. The Hall–Kier alpha value is -1.64. The van der Waals surface area contributed by atoms with Crippen molar-refractivity contribution in [3.63, 3.8) is 0 Å². The quantitative estimate of drug-likeness (QED) is 0.626. The Bertz CT molecular complexity index is 649. The lowest BCUT2D eigenvalue weighted by atomic mass is 9.87. The molecular formula is C15H15NO2S. The SMILES string of the molecule is COc1c(C2(N=C=O)CCCC2)ccc2sccc12. The molecule has 0 radical (unpaired) electrons. The van der Waals surface area contributed by atoms with E-state index in [9.17, 15) is 4.79 Å². The Morgan fingerprint density at radius 1 is 1.32 bits per heavy atom. The van der Waals surface area contributed by atoms with Crippen LogP contribution in [0.25, 0.3) is 10.1 Å². The molecule has 0 N–H and O–H groups in total. The second-order valence-corrected chi connectivity index (χ2v) is 5.87. The first-order valence-corrected chi connectivity index (χ1v) is 7.32. The van der Waals surface area contributed by atoms with Crippen LogP contribution in [0.5, 0.6) is 5.75 Å². The highest BCUT2D eigenvalue weighted by Crippen LogP contribution is 2.48. The van der Waals surface area contributed by atoms with Gasteiger partial charge >= 0.3 is 0 Å². The third-order valence-electron chi connectivity index (χ3n) is 3.98. The predicted octanol–water partition coefficient (Wildman–Crippen LogP) is 4.02. The molecule has 1 fully saturated rings. The number of ether oxygens (including phenoxy) is 1. The zero-order valence-electron chi connectivity index (χ0n) is 10.8. The first-order valence-electron chi connectivity index (χ1n) is 6.44. The van der Waals surface area contributed by atoms with E-state index in [0.29, 0.717) is 0 Å². The fraction of sp³-hybridized carbons (Fsp3) is 0.400. The predicted molar refractivity (Wildman–Crippen MR) is 76.6 cm³/mol. The summed E-state index contributed by atoms with van der Waals surface area (Å²) in [4.78, 5) is 15.0. The summed E-state index contributed by atoms with van der Waals surface area (Å²) in [7, 11) is 1.68. The summed E-state index contributed by atoms with van der Waals surface area (Å²) in [6, 6.07) is 6.22. The normalized spacial score (nSPS) is 17.3. The third-order valence-corrected chi connectivity index (χ3v) is 4.86. The lowest BCUT2D eigenvalue weighted by Gasteiger charge is -2.25. The molecule has 1 heterocycles. The van der Waals surface area contributed by atoms with Gasteiger partial charge in [-0.15, -0.1) is 11.3 Å². The summed E-state index contributed by atoms with van der Waals surface area (Å²) in [6.45, 7) is 0. The van der Waals surface area contributed by atoms with Crippen LogP contribution >= 0.6 is 11.3 Å². The van der Waals surface area contributed by atoms with Crippen molar-refractivity contribution in [1.29, 1.82) is 0 Å². The number of fused-ring (bicyclic) bond motifs is 1. The molecule has 2 aromatic rings. The standard InChI is InChI=1S/C15H15NO2S/c1-18-14-11-6-9-19-13(11)5-4-12(14)15(16-10-17)7-2-3-8-15/h4-6,9H,2-3,7-8H2,1H3. The van der Waals surface area contributed by atoms with Gasteiger partial charge in [0, 0.05) is 15.6 Å². The van der Waals surface area contributed by atoms with Gasteiger partial charge in [-0.2, -0.15) is 4.99 Å². The highest BCUT2D eigenvalue weighted by atomic mass is 32.1. The molecule has 0 atom stereocenters. The number of hydrogen-bond donors (Lipinski definition) is 0. The molecular weight excluding hydrogens is 258 g/mol. The molecule has 0 aliphatic heterocycles. The first-order chi connectivity index (χ1) is 9.30. The first kappa shape index (κ1) is 12.4. The van der Waals surface area contributed by atoms with Crippen LogP contribution in [0.1, 0.15) is 31.2 Å². The van der Waals surface area contributed by atoms with E-state index in [-0.39, 0.29) is 0 Å². The number of isocyanates is 1. The van der Waals surface area contributed by atoms with Crippen molar-refractivity contribution < 1.29 is 9.53 Å². The van der Waals surface area contributed by atoms with Gasteiger partial charge in [-0.05, 0) is 30.4 Å². The Morgan fingerprint density at radius 2 is 2.11 bits per heavy atom. The maximum Gasteiger partial charge on any atom is 0.235 e. The molecule has 3 nitrogen and oxygen atoms in total. The van der Waals surface area contributed by atoms with E-state index in [2.05, 4.69) is 28.6 Å². The zero-order chi connectivity index (χ0) is 13.3. The molecule has 98 valence electrons. The number of thiophene rings is 1. The fourth-order valence-electron chi connectivity index (χ4n) is 3.09. The van der Waals surface area contributed by atoms with Crippen LogP contribution in [0.3, 0.4) is 0 Å². The van der Waals surface area contributed by atoms with Crippen molar-refractivity contribution in [2.45, 2.75) is 31.2 Å². The van der Waals surface area contributed by atoms with Gasteiger partial charge < -0.3 is 4.74 Å². The van der Waals surface area contributed by atoms with Crippen molar-refractivity contribution in [2.24, 2.45) is 4.99 Å². The van der Waals surface area contributed by atoms with E-state index in [1.54, 1.807) is 24.5 Å². The molecule has 0 bridgehead atoms. The molecule has 1 aromatic heterocycles. The third kappa shape index (κ3) is 1.88. The lowest BCUT2D eigenvalue weighted by molar-refractivity contribution is 0.384. The Balaban J connectivity index is 2.25. The molecule has 0 amide bonds. The second kappa shape index (κ2) is 4.80. The topological polar surface area (TPSA) is 38.7 Å². The minimum absolute atomic E-state index is 0.427. The Kier molecular flexibility index (Phi) is 3.13. The highest BCUT2D eigenvalue weighted by molar-refractivity contribution is 7.17. The summed E-state index contributed by atoms with van der Waals surface area (Å²) >= 11 is 1.69. The van der Waals surface area contributed by atoms with Crippen molar-refractivity contribution in [3.8, 4) is 5.75 Å². The second-order valence-electron chi connectivity index (χ2n) is 4.92. The minimum Gasteiger partial charge on any atom is -0.496 e. The molecule has 1 aliphatic carbocycles. The van der Waals surface area contributed by atoms with Gasteiger partial charge in [-0.1, -0.05) is 18.9 Å². The lowest BCUT2D eigenvalue weighted by Crippen LogP contribution is -2.19. The van der Waals surface area contributed by atoms with Crippen molar-refractivity contribution in [2.75, 3.05) is 7.11 Å². The van der Waals surface area contributed by atoms with Gasteiger partial charge in [-0.3, -0.25) is 0 Å². The van der Waals surface area contributed by atoms with Crippen LogP contribution in [-0.4, -0.2) is 13.2 Å². The molecule has 0 spiro atoms. The summed E-state index contributed by atoms with van der Waals surface area (Å²) < 4.78 is 6.82. The number of hydrogen-bond acceptors (Lipinski definition) is 4. The van der Waals surface area contributed by atoms with Crippen LogP contribution < -0.4 is 4.74 Å². The fourth-order valence-corrected chi connectivity index (χ4v) is 3.88. The van der Waals surface area contributed by atoms with E-state index in [4.69, 9.17) is 4.74 Å². The Labute approximate surface area is 115 Å². The Morgan fingerprint density at radius 3 is 2.79 bits per heavy atom. The van der Waals surface area contributed by atoms with Crippen LogP contribution in [0.15, 0.2) is 28.6 Å². The van der Waals surface area contributed by atoms with E-state index < -0.39 is 5.54 Å². The molecule has 1 aliphatic rings. The molecule has 1 saturated carbocycles. The van der Waals surface area contributed by atoms with Crippen LogP contribution in [0.4, 0.5) is 0 Å². The zero-order valence-corrected chi connectivity index (χ0v) is 11.6. The van der Waals surface area contributed by atoms with Gasteiger partial charge in [0.2, 0.25) is 6.08 Å². The number of carbonyl (C=O) groups excluding carboxylic acids is 1. The van der Waals surface area contributed by atoms with E-state index in [1.165, 1.54) is 4.70 Å². The van der Waals surface area contributed by atoms with Gasteiger partial charge in [0.15, 0.2) is 0 Å². The van der Waals surface area contributed by atoms with Gasteiger partial charge in [0.25, 0.3) is 0 Å². The molecule has 4 heteroatoms. The molecule has 0 saturated heterocycles. The van der Waals surface area contributed by atoms with Gasteiger partial charge in [0.05, 0.1) is 7.11 Å². The largest absolute Gasteiger partial charge is 0.496 e. The average molecular weight is 273 g/mol. The number of nitrogens with zero attached hydrogens (tertiary/aromatic N) is 1. The van der Waals surface area contributed by atoms with Crippen LogP contribution in [-0.2, 0) is 10.3 Å². The maximum atomic E-state index is 10.8. The number of rotatable bonds is 3.